The number of carbonyl (C=O) groups is 3. The number of fused-ring (bicyclic) bond motifs is 1. The van der Waals surface area contributed by atoms with Gasteiger partial charge in [-0.1, -0.05) is 12.1 Å². The monoisotopic (exact) mass is 289 g/mol. The highest BCUT2D eigenvalue weighted by molar-refractivity contribution is 6.21. The maximum absolute atomic E-state index is 12.1. The van der Waals surface area contributed by atoms with Gasteiger partial charge in [0.25, 0.3) is 11.8 Å². The van der Waals surface area contributed by atoms with Crippen molar-refractivity contribution in [3.8, 4) is 0 Å². The summed E-state index contributed by atoms with van der Waals surface area (Å²) in [4.78, 5) is 38.8. The number of nitrogens with zero attached hydrogens (tertiary/aromatic N) is 2. The molecule has 0 saturated heterocycles. The molecule has 0 aliphatic carbocycles. The van der Waals surface area contributed by atoms with Crippen molar-refractivity contribution in [1.82, 2.24) is 9.80 Å². The zero-order chi connectivity index (χ0) is 15.4. The Bertz CT molecular complexity index is 536. The second-order valence-electron chi connectivity index (χ2n) is 5.02. The summed E-state index contributed by atoms with van der Waals surface area (Å²) in [6.07, 6.45) is 0.753. The molecule has 0 spiro atoms. The maximum Gasteiger partial charge on any atom is 0.261 e. The molecule has 0 fully saturated rings. The minimum atomic E-state index is -0.279. The fraction of sp³-hybridized carbons (Fsp3) is 0.400. The molecule has 6 heteroatoms. The maximum atomic E-state index is 12.1. The standard InChI is InChI=1S/C15H19N3O3/c1-17(10-8-16)13(19)7-4-9-18-14(20)11-5-2-3-6-12(11)15(18)21/h2-3,5-6H,4,7-10,16H2,1H3. The fourth-order valence-corrected chi connectivity index (χ4v) is 2.34. The van der Waals surface area contributed by atoms with Crippen LogP contribution in [-0.4, -0.2) is 54.2 Å². The van der Waals surface area contributed by atoms with E-state index in [9.17, 15) is 14.4 Å². The summed E-state index contributed by atoms with van der Waals surface area (Å²) in [5.74, 6) is -0.589. The molecule has 3 amide bonds. The smallest absolute Gasteiger partial charge is 0.261 e. The van der Waals surface area contributed by atoms with Crippen LogP contribution in [0.4, 0.5) is 0 Å². The van der Waals surface area contributed by atoms with Crippen LogP contribution in [0.15, 0.2) is 24.3 Å². The molecule has 0 bridgehead atoms. The molecule has 21 heavy (non-hydrogen) atoms. The van der Waals surface area contributed by atoms with Crippen LogP contribution < -0.4 is 5.73 Å². The molecule has 2 rings (SSSR count). The predicted octanol–water partition coefficient (Wildman–Crippen LogP) is 0.480. The van der Waals surface area contributed by atoms with Crippen LogP contribution in [0.2, 0.25) is 0 Å². The van der Waals surface area contributed by atoms with Gasteiger partial charge in [-0.05, 0) is 18.6 Å². The molecule has 0 unspecified atom stereocenters. The third kappa shape index (κ3) is 3.11. The van der Waals surface area contributed by atoms with E-state index in [2.05, 4.69) is 0 Å². The highest BCUT2D eigenvalue weighted by Crippen LogP contribution is 2.22. The van der Waals surface area contributed by atoms with Gasteiger partial charge >= 0.3 is 0 Å². The molecule has 0 atom stereocenters. The molecule has 1 aromatic carbocycles. The first-order chi connectivity index (χ1) is 10.1. The molecule has 0 aromatic heterocycles. The van der Waals surface area contributed by atoms with Gasteiger partial charge in [-0.2, -0.15) is 0 Å². The normalized spacial score (nSPS) is 13.5. The molecular formula is C15H19N3O3. The van der Waals surface area contributed by atoms with Crippen molar-refractivity contribution in [2.24, 2.45) is 5.73 Å². The topological polar surface area (TPSA) is 83.7 Å². The van der Waals surface area contributed by atoms with Crippen molar-refractivity contribution in [2.75, 3.05) is 26.7 Å². The molecule has 0 saturated carbocycles. The number of likely N-dealkylation sites (N-methyl/N-ethyl adjacent to an activating group) is 1. The van der Waals surface area contributed by atoms with E-state index in [-0.39, 0.29) is 24.3 Å². The van der Waals surface area contributed by atoms with E-state index in [1.807, 2.05) is 0 Å². The lowest BCUT2D eigenvalue weighted by Gasteiger charge is -2.17. The SMILES string of the molecule is CN(CCN)C(=O)CCCN1C(=O)c2ccccc2C1=O. The van der Waals surface area contributed by atoms with Gasteiger partial charge in [0, 0.05) is 33.1 Å². The van der Waals surface area contributed by atoms with E-state index in [0.717, 1.165) is 0 Å². The Balaban J connectivity index is 1.90. The van der Waals surface area contributed by atoms with Crippen LogP contribution in [0, 0.1) is 0 Å². The Kier molecular flexibility index (Phi) is 4.70. The molecule has 1 aromatic rings. The molecular weight excluding hydrogens is 270 g/mol. The number of rotatable bonds is 6. The first-order valence-electron chi connectivity index (χ1n) is 6.95. The van der Waals surface area contributed by atoms with Gasteiger partial charge in [-0.3, -0.25) is 19.3 Å². The minimum absolute atomic E-state index is 0.0305. The largest absolute Gasteiger partial charge is 0.344 e. The summed E-state index contributed by atoms with van der Waals surface area (Å²) >= 11 is 0. The van der Waals surface area contributed by atoms with Gasteiger partial charge < -0.3 is 10.6 Å². The van der Waals surface area contributed by atoms with Gasteiger partial charge in [0.05, 0.1) is 11.1 Å². The van der Waals surface area contributed by atoms with Crippen LogP contribution in [0.25, 0.3) is 0 Å². The number of carbonyl (C=O) groups excluding carboxylic acids is 3. The van der Waals surface area contributed by atoms with Crippen molar-refractivity contribution in [1.29, 1.82) is 0 Å². The van der Waals surface area contributed by atoms with Crippen LogP contribution in [-0.2, 0) is 4.79 Å². The van der Waals surface area contributed by atoms with Crippen LogP contribution >= 0.6 is 0 Å². The van der Waals surface area contributed by atoms with Gasteiger partial charge in [0.15, 0.2) is 0 Å². The van der Waals surface area contributed by atoms with Crippen LogP contribution in [0.1, 0.15) is 33.6 Å². The van der Waals surface area contributed by atoms with Gasteiger partial charge in [0.1, 0.15) is 0 Å². The first kappa shape index (κ1) is 15.2. The Morgan fingerprint density at radius 2 is 1.76 bits per heavy atom. The number of benzene rings is 1. The summed E-state index contributed by atoms with van der Waals surface area (Å²) in [7, 11) is 1.69. The Hall–Kier alpha value is -2.21. The van der Waals surface area contributed by atoms with E-state index in [1.165, 1.54) is 4.90 Å². The highest BCUT2D eigenvalue weighted by atomic mass is 16.2. The van der Waals surface area contributed by atoms with E-state index in [1.54, 1.807) is 36.2 Å². The summed E-state index contributed by atoms with van der Waals surface area (Å²) in [5, 5.41) is 0. The van der Waals surface area contributed by atoms with Crippen LogP contribution in [0.5, 0.6) is 0 Å². The Morgan fingerprint density at radius 1 is 1.19 bits per heavy atom. The highest BCUT2D eigenvalue weighted by Gasteiger charge is 2.34. The Morgan fingerprint density at radius 3 is 2.29 bits per heavy atom. The molecule has 2 N–H and O–H groups in total. The van der Waals surface area contributed by atoms with E-state index >= 15 is 0 Å². The second-order valence-corrected chi connectivity index (χ2v) is 5.02. The summed E-state index contributed by atoms with van der Waals surface area (Å²) < 4.78 is 0. The average Bonchev–Trinajstić information content (AvgIpc) is 2.73. The lowest BCUT2D eigenvalue weighted by atomic mass is 10.1. The van der Waals surface area contributed by atoms with E-state index < -0.39 is 0 Å². The minimum Gasteiger partial charge on any atom is -0.344 e. The number of hydrogen-bond acceptors (Lipinski definition) is 4. The zero-order valence-corrected chi connectivity index (χ0v) is 12.0. The fourth-order valence-electron chi connectivity index (χ4n) is 2.34. The van der Waals surface area contributed by atoms with Crippen molar-refractivity contribution < 1.29 is 14.4 Å². The van der Waals surface area contributed by atoms with Crippen LogP contribution in [0.3, 0.4) is 0 Å². The van der Waals surface area contributed by atoms with Gasteiger partial charge in [-0.15, -0.1) is 0 Å². The quantitative estimate of drug-likeness (QED) is 0.772. The average molecular weight is 289 g/mol. The van der Waals surface area contributed by atoms with E-state index in [4.69, 9.17) is 5.73 Å². The van der Waals surface area contributed by atoms with Gasteiger partial charge in [0.2, 0.25) is 5.91 Å². The zero-order valence-electron chi connectivity index (χ0n) is 12.0. The van der Waals surface area contributed by atoms with Crippen molar-refractivity contribution in [3.63, 3.8) is 0 Å². The summed E-state index contributed by atoms with van der Waals surface area (Å²) in [6, 6.07) is 6.77. The molecule has 1 aliphatic heterocycles. The Labute approximate surface area is 123 Å². The van der Waals surface area contributed by atoms with Crippen molar-refractivity contribution in [3.05, 3.63) is 35.4 Å². The lowest BCUT2D eigenvalue weighted by Crippen LogP contribution is -2.34. The van der Waals surface area contributed by atoms with Crippen molar-refractivity contribution >= 4 is 17.7 Å². The number of nitrogens with two attached hydrogens (primary N) is 1. The summed E-state index contributed by atoms with van der Waals surface area (Å²) in [6.45, 7) is 1.18. The third-order valence-corrected chi connectivity index (χ3v) is 3.54. The number of hydrogen-bond donors (Lipinski definition) is 1. The number of amides is 3. The molecule has 0 radical (unpaired) electrons. The van der Waals surface area contributed by atoms with Gasteiger partial charge in [-0.25, -0.2) is 0 Å². The molecule has 112 valence electrons. The summed E-state index contributed by atoms with van der Waals surface area (Å²) in [5.41, 5.74) is 6.27. The predicted molar refractivity (Wildman–Crippen MR) is 77.7 cm³/mol. The van der Waals surface area contributed by atoms with E-state index in [0.29, 0.717) is 37.1 Å². The second kappa shape index (κ2) is 6.49. The third-order valence-electron chi connectivity index (χ3n) is 3.54. The number of imide groups is 1. The molecule has 1 aliphatic rings. The van der Waals surface area contributed by atoms with Crippen molar-refractivity contribution in [2.45, 2.75) is 12.8 Å². The lowest BCUT2D eigenvalue weighted by molar-refractivity contribution is -0.129. The first-order valence-corrected chi connectivity index (χ1v) is 6.95. The molecule has 6 nitrogen and oxygen atoms in total. The molecule has 1 heterocycles.